The Morgan fingerprint density at radius 1 is 1.31 bits per heavy atom. The van der Waals surface area contributed by atoms with Crippen LogP contribution in [-0.4, -0.2) is 29.9 Å². The number of aliphatic hydroxyl groups excluding tert-OH is 2. The molecule has 0 saturated carbocycles. The van der Waals surface area contributed by atoms with Crippen LogP contribution < -0.4 is 5.32 Å². The van der Waals surface area contributed by atoms with Crippen LogP contribution in [0.5, 0.6) is 0 Å². The molecule has 0 aliphatic carbocycles. The van der Waals surface area contributed by atoms with Crippen molar-refractivity contribution in [2.45, 2.75) is 26.4 Å². The molecule has 1 atom stereocenters. The SMILES string of the molecule is Cc1ccc(C(O)CNCCCO)c(C)c1. The number of aryl methyl sites for hydroxylation is 2. The van der Waals surface area contributed by atoms with Crippen molar-refractivity contribution in [3.05, 3.63) is 34.9 Å². The summed E-state index contributed by atoms with van der Waals surface area (Å²) in [6.45, 7) is 5.51. The lowest BCUT2D eigenvalue weighted by Crippen LogP contribution is -2.23. The summed E-state index contributed by atoms with van der Waals surface area (Å²) in [4.78, 5) is 0. The lowest BCUT2D eigenvalue weighted by Gasteiger charge is -2.15. The zero-order valence-electron chi connectivity index (χ0n) is 10.0. The van der Waals surface area contributed by atoms with Gasteiger partial charge in [0.1, 0.15) is 0 Å². The first-order valence-electron chi connectivity index (χ1n) is 5.72. The first-order valence-corrected chi connectivity index (χ1v) is 5.72. The number of aliphatic hydroxyl groups is 2. The summed E-state index contributed by atoms with van der Waals surface area (Å²) in [5.74, 6) is 0. The molecule has 3 N–H and O–H groups in total. The summed E-state index contributed by atoms with van der Waals surface area (Å²) < 4.78 is 0. The predicted octanol–water partition coefficient (Wildman–Crippen LogP) is 1.31. The second-order valence-corrected chi connectivity index (χ2v) is 4.16. The van der Waals surface area contributed by atoms with Gasteiger partial charge in [-0.15, -0.1) is 0 Å². The highest BCUT2D eigenvalue weighted by molar-refractivity contribution is 5.32. The van der Waals surface area contributed by atoms with E-state index in [1.807, 2.05) is 26.0 Å². The number of hydrogen-bond acceptors (Lipinski definition) is 3. The van der Waals surface area contributed by atoms with E-state index in [9.17, 15) is 5.11 Å². The zero-order valence-corrected chi connectivity index (χ0v) is 10.0. The molecule has 0 bridgehead atoms. The van der Waals surface area contributed by atoms with Crippen LogP contribution >= 0.6 is 0 Å². The van der Waals surface area contributed by atoms with Crippen LogP contribution in [0.4, 0.5) is 0 Å². The van der Waals surface area contributed by atoms with Gasteiger partial charge in [-0.25, -0.2) is 0 Å². The molecule has 1 aromatic rings. The molecule has 0 saturated heterocycles. The van der Waals surface area contributed by atoms with Crippen LogP contribution in [0.3, 0.4) is 0 Å². The van der Waals surface area contributed by atoms with E-state index in [1.165, 1.54) is 5.56 Å². The van der Waals surface area contributed by atoms with Crippen LogP contribution in [0.15, 0.2) is 18.2 Å². The summed E-state index contributed by atoms with van der Waals surface area (Å²) in [7, 11) is 0. The second-order valence-electron chi connectivity index (χ2n) is 4.16. The Hall–Kier alpha value is -0.900. The molecule has 1 aromatic carbocycles. The van der Waals surface area contributed by atoms with E-state index in [-0.39, 0.29) is 6.61 Å². The van der Waals surface area contributed by atoms with E-state index in [4.69, 9.17) is 5.11 Å². The molecule has 0 aromatic heterocycles. The Balaban J connectivity index is 2.49. The van der Waals surface area contributed by atoms with Gasteiger partial charge in [0.2, 0.25) is 0 Å². The largest absolute Gasteiger partial charge is 0.396 e. The van der Waals surface area contributed by atoms with Gasteiger partial charge < -0.3 is 15.5 Å². The summed E-state index contributed by atoms with van der Waals surface area (Å²) >= 11 is 0. The minimum Gasteiger partial charge on any atom is -0.396 e. The summed E-state index contributed by atoms with van der Waals surface area (Å²) in [5, 5.41) is 21.7. The van der Waals surface area contributed by atoms with Crippen molar-refractivity contribution in [1.29, 1.82) is 0 Å². The number of nitrogens with one attached hydrogen (secondary N) is 1. The maximum atomic E-state index is 9.97. The van der Waals surface area contributed by atoms with E-state index in [2.05, 4.69) is 11.4 Å². The van der Waals surface area contributed by atoms with Gasteiger partial charge in [-0.05, 0) is 37.9 Å². The Morgan fingerprint density at radius 2 is 2.06 bits per heavy atom. The molecule has 16 heavy (non-hydrogen) atoms. The maximum Gasteiger partial charge on any atom is 0.0916 e. The molecule has 0 heterocycles. The number of rotatable bonds is 6. The minimum atomic E-state index is -0.473. The molecule has 0 amide bonds. The summed E-state index contributed by atoms with van der Waals surface area (Å²) in [5.41, 5.74) is 3.31. The van der Waals surface area contributed by atoms with Crippen molar-refractivity contribution >= 4 is 0 Å². The second kappa shape index (κ2) is 6.63. The van der Waals surface area contributed by atoms with Gasteiger partial charge in [-0.1, -0.05) is 23.8 Å². The molecule has 90 valence electrons. The molecule has 3 nitrogen and oxygen atoms in total. The maximum absolute atomic E-state index is 9.97. The molecule has 1 unspecified atom stereocenters. The first-order chi connectivity index (χ1) is 7.65. The molecule has 3 heteroatoms. The standard InChI is InChI=1S/C13H21NO2/c1-10-4-5-12(11(2)8-10)13(16)9-14-6-3-7-15/h4-5,8,13-16H,3,6-7,9H2,1-2H3. The molecule has 1 rings (SSSR count). The highest BCUT2D eigenvalue weighted by atomic mass is 16.3. The third kappa shape index (κ3) is 3.93. The molecular formula is C13H21NO2. The molecular weight excluding hydrogens is 202 g/mol. The van der Waals surface area contributed by atoms with Gasteiger partial charge in [0.25, 0.3) is 0 Å². The van der Waals surface area contributed by atoms with E-state index in [1.54, 1.807) is 0 Å². The quantitative estimate of drug-likeness (QED) is 0.637. The normalized spacial score (nSPS) is 12.8. The van der Waals surface area contributed by atoms with Crippen molar-refractivity contribution in [3.8, 4) is 0 Å². The third-order valence-electron chi connectivity index (χ3n) is 2.63. The highest BCUT2D eigenvalue weighted by Crippen LogP contribution is 2.18. The van der Waals surface area contributed by atoms with Crippen LogP contribution in [0, 0.1) is 13.8 Å². The van der Waals surface area contributed by atoms with Gasteiger partial charge in [0, 0.05) is 13.2 Å². The molecule has 0 spiro atoms. The van der Waals surface area contributed by atoms with Gasteiger partial charge in [0.05, 0.1) is 6.10 Å². The lowest BCUT2D eigenvalue weighted by molar-refractivity contribution is 0.172. The minimum absolute atomic E-state index is 0.187. The fourth-order valence-corrected chi connectivity index (χ4v) is 1.75. The van der Waals surface area contributed by atoms with E-state index in [0.29, 0.717) is 6.54 Å². The van der Waals surface area contributed by atoms with Crippen molar-refractivity contribution in [2.75, 3.05) is 19.7 Å². The lowest BCUT2D eigenvalue weighted by atomic mass is 10.0. The van der Waals surface area contributed by atoms with Crippen molar-refractivity contribution in [1.82, 2.24) is 5.32 Å². The Labute approximate surface area is 97.1 Å². The fourth-order valence-electron chi connectivity index (χ4n) is 1.75. The Bertz CT molecular complexity index is 326. The van der Waals surface area contributed by atoms with Crippen molar-refractivity contribution < 1.29 is 10.2 Å². The van der Waals surface area contributed by atoms with E-state index < -0.39 is 6.10 Å². The summed E-state index contributed by atoms with van der Waals surface area (Å²) in [6.07, 6.45) is 0.249. The average Bonchev–Trinajstić information content (AvgIpc) is 2.24. The van der Waals surface area contributed by atoms with Crippen LogP contribution in [-0.2, 0) is 0 Å². The monoisotopic (exact) mass is 223 g/mol. The fraction of sp³-hybridized carbons (Fsp3) is 0.538. The summed E-state index contributed by atoms with van der Waals surface area (Å²) in [6, 6.07) is 6.06. The topological polar surface area (TPSA) is 52.5 Å². The van der Waals surface area contributed by atoms with Crippen LogP contribution in [0.1, 0.15) is 29.2 Å². The Kier molecular flexibility index (Phi) is 5.46. The van der Waals surface area contributed by atoms with Crippen molar-refractivity contribution in [3.63, 3.8) is 0 Å². The molecule has 0 fully saturated rings. The van der Waals surface area contributed by atoms with Crippen molar-refractivity contribution in [2.24, 2.45) is 0 Å². The highest BCUT2D eigenvalue weighted by Gasteiger charge is 2.09. The predicted molar refractivity (Wildman–Crippen MR) is 65.4 cm³/mol. The average molecular weight is 223 g/mol. The smallest absolute Gasteiger partial charge is 0.0916 e. The van der Waals surface area contributed by atoms with E-state index in [0.717, 1.165) is 24.1 Å². The molecule has 0 radical (unpaired) electrons. The molecule has 0 aliphatic heterocycles. The van der Waals surface area contributed by atoms with Crippen LogP contribution in [0.2, 0.25) is 0 Å². The third-order valence-corrected chi connectivity index (χ3v) is 2.63. The number of benzene rings is 1. The van der Waals surface area contributed by atoms with Gasteiger partial charge in [0.15, 0.2) is 0 Å². The Morgan fingerprint density at radius 3 is 2.69 bits per heavy atom. The molecule has 0 aliphatic rings. The number of hydrogen-bond donors (Lipinski definition) is 3. The first kappa shape index (κ1) is 13.2. The van der Waals surface area contributed by atoms with E-state index >= 15 is 0 Å². The van der Waals surface area contributed by atoms with Crippen LogP contribution in [0.25, 0.3) is 0 Å². The zero-order chi connectivity index (χ0) is 12.0. The van der Waals surface area contributed by atoms with Gasteiger partial charge in [-0.3, -0.25) is 0 Å². The van der Waals surface area contributed by atoms with Gasteiger partial charge >= 0.3 is 0 Å². The van der Waals surface area contributed by atoms with Gasteiger partial charge in [-0.2, -0.15) is 0 Å².